The average molecular weight is 583 g/mol. The first-order chi connectivity index (χ1) is 20.1. The molecule has 0 N–H and O–H groups in total. The first-order valence-electron chi connectivity index (χ1n) is 19.0. The zero-order chi connectivity index (χ0) is 30.3. The number of hydrogen-bond donors (Lipinski definition) is 0. The van der Waals surface area contributed by atoms with E-state index in [4.69, 9.17) is 4.74 Å². The van der Waals surface area contributed by atoms with Gasteiger partial charge in [0.05, 0.1) is 0 Å². The van der Waals surface area contributed by atoms with Gasteiger partial charge in [0, 0.05) is 12.8 Å². The molecule has 3 fully saturated rings. The summed E-state index contributed by atoms with van der Waals surface area (Å²) in [7, 11) is 0. The Bertz CT molecular complexity index is 873. The molecule has 0 spiro atoms. The first-order valence-corrected chi connectivity index (χ1v) is 19.0. The third-order valence-corrected chi connectivity index (χ3v) is 13.8. The first kappa shape index (κ1) is 34.1. The van der Waals surface area contributed by atoms with Gasteiger partial charge in [-0.3, -0.25) is 4.79 Å². The minimum Gasteiger partial charge on any atom is -0.462 e. The van der Waals surface area contributed by atoms with E-state index in [0.29, 0.717) is 17.3 Å². The number of allylic oxidation sites excluding steroid dienone is 1. The Labute approximate surface area is 262 Å². The van der Waals surface area contributed by atoms with Crippen molar-refractivity contribution in [1.29, 1.82) is 0 Å². The molecule has 3 saturated carbocycles. The lowest BCUT2D eigenvalue weighted by Gasteiger charge is -2.58. The van der Waals surface area contributed by atoms with Crippen LogP contribution in [0.25, 0.3) is 0 Å². The zero-order valence-corrected chi connectivity index (χ0v) is 29.2. The van der Waals surface area contributed by atoms with Gasteiger partial charge in [-0.15, -0.1) is 0 Å². The maximum absolute atomic E-state index is 12.7. The van der Waals surface area contributed by atoms with Crippen molar-refractivity contribution < 1.29 is 9.53 Å². The second-order valence-electron chi connectivity index (χ2n) is 16.7. The molecule has 9 unspecified atom stereocenters. The van der Waals surface area contributed by atoms with Gasteiger partial charge in [0.25, 0.3) is 0 Å². The quantitative estimate of drug-likeness (QED) is 0.103. The molecule has 9 atom stereocenters. The van der Waals surface area contributed by atoms with Crippen molar-refractivity contribution in [2.75, 3.05) is 0 Å². The molecule has 2 heteroatoms. The fraction of sp³-hybridized carbons (Fsp3) is 0.925. The van der Waals surface area contributed by atoms with Crippen molar-refractivity contribution >= 4 is 5.97 Å². The van der Waals surface area contributed by atoms with E-state index in [2.05, 4.69) is 54.5 Å². The molecule has 4 aliphatic rings. The summed E-state index contributed by atoms with van der Waals surface area (Å²) in [6, 6.07) is 0. The number of fused-ring (bicyclic) bond motifs is 5. The van der Waals surface area contributed by atoms with Crippen LogP contribution in [0.2, 0.25) is 0 Å². The lowest BCUT2D eigenvalue weighted by molar-refractivity contribution is -0.151. The lowest BCUT2D eigenvalue weighted by atomic mass is 9.47. The monoisotopic (exact) mass is 583 g/mol. The largest absolute Gasteiger partial charge is 0.462 e. The number of esters is 1. The Morgan fingerprint density at radius 2 is 1.55 bits per heavy atom. The van der Waals surface area contributed by atoms with Crippen molar-refractivity contribution in [3.05, 3.63) is 11.6 Å². The number of ether oxygens (including phenoxy) is 1. The number of hydrogen-bond acceptors (Lipinski definition) is 2. The molecular weight excluding hydrogens is 512 g/mol. The third kappa shape index (κ3) is 7.88. The second-order valence-corrected chi connectivity index (χ2v) is 16.7. The van der Waals surface area contributed by atoms with Gasteiger partial charge in [0.1, 0.15) is 6.10 Å². The van der Waals surface area contributed by atoms with E-state index in [0.717, 1.165) is 60.7 Å². The topological polar surface area (TPSA) is 26.3 Å². The molecule has 0 aromatic rings. The molecule has 4 rings (SSSR count). The highest BCUT2D eigenvalue weighted by Gasteiger charge is 2.59. The molecule has 0 aromatic carbocycles. The number of unbranched alkanes of at least 4 members (excludes halogenated alkanes) is 8. The van der Waals surface area contributed by atoms with E-state index in [1.54, 1.807) is 5.57 Å². The van der Waals surface area contributed by atoms with Crippen LogP contribution in [-0.2, 0) is 9.53 Å². The number of carbonyl (C=O) groups is 1. The van der Waals surface area contributed by atoms with Gasteiger partial charge in [-0.1, -0.05) is 124 Å². The van der Waals surface area contributed by atoms with Crippen LogP contribution < -0.4 is 0 Å². The predicted molar refractivity (Wildman–Crippen MR) is 179 cm³/mol. The SMILES string of the molecule is CCCCCCCCCCCC(=O)OC1CCC2(C)C(=CCC3C2CCC2(C)C(C(C)CCC(C)C(C)C)CCC32)C1. The van der Waals surface area contributed by atoms with Crippen LogP contribution in [0, 0.1) is 52.3 Å². The van der Waals surface area contributed by atoms with Gasteiger partial charge in [-0.25, -0.2) is 0 Å². The normalized spacial score (nSPS) is 35.6. The van der Waals surface area contributed by atoms with Crippen molar-refractivity contribution in [1.82, 2.24) is 0 Å². The minimum absolute atomic E-state index is 0.0585. The highest BCUT2D eigenvalue weighted by atomic mass is 16.5. The van der Waals surface area contributed by atoms with Crippen LogP contribution in [0.1, 0.15) is 177 Å². The van der Waals surface area contributed by atoms with Gasteiger partial charge >= 0.3 is 5.97 Å². The summed E-state index contributed by atoms with van der Waals surface area (Å²) < 4.78 is 6.09. The van der Waals surface area contributed by atoms with Gasteiger partial charge in [-0.2, -0.15) is 0 Å². The molecule has 2 nitrogen and oxygen atoms in total. The van der Waals surface area contributed by atoms with Crippen LogP contribution in [0.3, 0.4) is 0 Å². The van der Waals surface area contributed by atoms with Crippen molar-refractivity contribution in [2.24, 2.45) is 52.3 Å². The molecular formula is C40H70O2. The fourth-order valence-electron chi connectivity index (χ4n) is 10.6. The highest BCUT2D eigenvalue weighted by Crippen LogP contribution is 2.67. The molecule has 0 bridgehead atoms. The van der Waals surface area contributed by atoms with E-state index in [1.807, 2.05) is 0 Å². The van der Waals surface area contributed by atoms with Gasteiger partial charge < -0.3 is 4.74 Å². The Morgan fingerprint density at radius 1 is 0.857 bits per heavy atom. The molecule has 42 heavy (non-hydrogen) atoms. The van der Waals surface area contributed by atoms with Crippen LogP contribution >= 0.6 is 0 Å². The van der Waals surface area contributed by atoms with Crippen molar-refractivity contribution in [3.63, 3.8) is 0 Å². The Morgan fingerprint density at radius 3 is 2.24 bits per heavy atom. The van der Waals surface area contributed by atoms with Crippen molar-refractivity contribution in [2.45, 2.75) is 183 Å². The summed E-state index contributed by atoms with van der Waals surface area (Å²) in [5.41, 5.74) is 2.52. The van der Waals surface area contributed by atoms with Crippen molar-refractivity contribution in [3.8, 4) is 0 Å². The molecule has 0 heterocycles. The van der Waals surface area contributed by atoms with E-state index in [9.17, 15) is 4.79 Å². The summed E-state index contributed by atoms with van der Waals surface area (Å²) in [6.45, 7) is 17.4. The molecule has 242 valence electrons. The summed E-state index contributed by atoms with van der Waals surface area (Å²) in [5.74, 6) is 6.11. The van der Waals surface area contributed by atoms with Gasteiger partial charge in [0.2, 0.25) is 0 Å². The molecule has 4 aliphatic carbocycles. The lowest BCUT2D eigenvalue weighted by Crippen LogP contribution is -2.51. The summed E-state index contributed by atoms with van der Waals surface area (Å²) in [4.78, 5) is 12.7. The van der Waals surface area contributed by atoms with Crippen LogP contribution in [-0.4, -0.2) is 12.1 Å². The van der Waals surface area contributed by atoms with Gasteiger partial charge in [-0.05, 0) is 104 Å². The van der Waals surface area contributed by atoms with Crippen LogP contribution in [0.15, 0.2) is 11.6 Å². The second kappa shape index (κ2) is 15.5. The maximum Gasteiger partial charge on any atom is 0.306 e. The standard InChI is InChI=1S/C40H70O2/c1-8-9-10-11-12-13-14-15-16-17-38(41)42-33-24-26-39(6)32(28-33)20-21-34-36-23-22-35(40(36,7)27-25-37(34)39)31(5)19-18-30(4)29(2)3/h20,29-31,33-37H,8-19,21-28H2,1-7H3. The van der Waals surface area contributed by atoms with E-state index >= 15 is 0 Å². The van der Waals surface area contributed by atoms with Crippen LogP contribution in [0.4, 0.5) is 0 Å². The zero-order valence-electron chi connectivity index (χ0n) is 29.2. The molecule has 0 radical (unpaired) electrons. The predicted octanol–water partition coefficient (Wildman–Crippen LogP) is 12.1. The minimum atomic E-state index is 0.0585. The summed E-state index contributed by atoms with van der Waals surface area (Å²) in [6.07, 6.45) is 28.1. The Kier molecular flexibility index (Phi) is 12.6. The summed E-state index contributed by atoms with van der Waals surface area (Å²) in [5, 5.41) is 0. The molecule has 0 saturated heterocycles. The van der Waals surface area contributed by atoms with E-state index in [-0.39, 0.29) is 12.1 Å². The number of rotatable bonds is 16. The highest BCUT2D eigenvalue weighted by molar-refractivity contribution is 5.69. The van der Waals surface area contributed by atoms with E-state index in [1.165, 1.54) is 103 Å². The summed E-state index contributed by atoms with van der Waals surface area (Å²) >= 11 is 0. The van der Waals surface area contributed by atoms with Crippen LogP contribution in [0.5, 0.6) is 0 Å². The Hall–Kier alpha value is -0.790. The maximum atomic E-state index is 12.7. The Balaban J connectivity index is 1.24. The van der Waals surface area contributed by atoms with E-state index < -0.39 is 0 Å². The number of carbonyl (C=O) groups excluding carboxylic acids is 1. The van der Waals surface area contributed by atoms with Gasteiger partial charge in [0.15, 0.2) is 0 Å². The molecule has 0 amide bonds. The third-order valence-electron chi connectivity index (χ3n) is 13.8. The fourth-order valence-corrected chi connectivity index (χ4v) is 10.6. The smallest absolute Gasteiger partial charge is 0.306 e. The average Bonchev–Trinajstić information content (AvgIpc) is 3.32. The molecule has 0 aliphatic heterocycles. The molecule has 0 aromatic heterocycles.